The molecule has 4 rings (SSSR count). The summed E-state index contributed by atoms with van der Waals surface area (Å²) in [4.78, 5) is 30.9. The zero-order chi connectivity index (χ0) is 20.9. The van der Waals surface area contributed by atoms with Crippen LogP contribution in [-0.4, -0.2) is 59.8 Å². The highest BCUT2D eigenvalue weighted by Crippen LogP contribution is 2.30. The molecule has 0 radical (unpaired) electrons. The van der Waals surface area contributed by atoms with E-state index in [2.05, 4.69) is 15.2 Å². The molecule has 1 saturated heterocycles. The monoisotopic (exact) mass is 430 g/mol. The molecule has 2 N–H and O–H groups in total. The van der Waals surface area contributed by atoms with Crippen molar-refractivity contribution >= 4 is 29.0 Å². The largest absolute Gasteiger partial charge is 0.379 e. The fourth-order valence-electron chi connectivity index (χ4n) is 4.54. The Morgan fingerprint density at radius 3 is 2.67 bits per heavy atom. The summed E-state index contributed by atoms with van der Waals surface area (Å²) in [7, 11) is 0. The van der Waals surface area contributed by atoms with E-state index in [9.17, 15) is 9.59 Å². The lowest BCUT2D eigenvalue weighted by molar-refractivity contribution is -0.126. The smallest absolute Gasteiger partial charge is 0.262 e. The second-order valence-corrected chi connectivity index (χ2v) is 8.74. The molecule has 1 aliphatic carbocycles. The van der Waals surface area contributed by atoms with Crippen LogP contribution in [-0.2, 0) is 16.1 Å². The van der Waals surface area contributed by atoms with Crippen LogP contribution in [0.25, 0.3) is 10.9 Å². The van der Waals surface area contributed by atoms with Crippen LogP contribution in [0.3, 0.4) is 0 Å². The quantitative estimate of drug-likeness (QED) is 0.688. The molecule has 1 aromatic carbocycles. The number of rotatable bonds is 6. The van der Waals surface area contributed by atoms with Gasteiger partial charge in [-0.15, -0.1) is 0 Å². The summed E-state index contributed by atoms with van der Waals surface area (Å²) in [5.41, 5.74) is 0.749. The van der Waals surface area contributed by atoms with Gasteiger partial charge in [-0.25, -0.2) is 0 Å². The minimum absolute atomic E-state index is 0.0303. The molecule has 8 heteroatoms. The predicted molar refractivity (Wildman–Crippen MR) is 119 cm³/mol. The van der Waals surface area contributed by atoms with Crippen LogP contribution in [0.4, 0.5) is 0 Å². The van der Waals surface area contributed by atoms with Gasteiger partial charge in [0.15, 0.2) is 4.77 Å². The molecule has 0 spiro atoms. The van der Waals surface area contributed by atoms with Crippen molar-refractivity contribution in [1.82, 2.24) is 19.8 Å². The predicted octanol–water partition coefficient (Wildman–Crippen LogP) is 2.31. The van der Waals surface area contributed by atoms with Crippen LogP contribution in [0.1, 0.15) is 25.7 Å². The van der Waals surface area contributed by atoms with Gasteiger partial charge >= 0.3 is 0 Å². The van der Waals surface area contributed by atoms with E-state index >= 15 is 0 Å². The van der Waals surface area contributed by atoms with Gasteiger partial charge in [-0.3, -0.25) is 19.1 Å². The third-order valence-electron chi connectivity index (χ3n) is 6.38. The maximum Gasteiger partial charge on any atom is 0.262 e. The van der Waals surface area contributed by atoms with Gasteiger partial charge in [-0.1, -0.05) is 12.1 Å². The standard InChI is InChI=1S/C22H30N4O3S/c27-20(23-9-10-25-11-13-29-14-12-25)17-7-5-16(6-8-17)15-26-21(28)18-3-1-2-4-19(18)24-22(26)30/h1-4,16-17H,5-15H2,(H,23,27)(H,24,30). The van der Waals surface area contributed by atoms with Crippen LogP contribution in [0, 0.1) is 16.6 Å². The molecular formula is C22H30N4O3S. The number of hydrogen-bond acceptors (Lipinski definition) is 5. The third-order valence-corrected chi connectivity index (χ3v) is 6.70. The van der Waals surface area contributed by atoms with Gasteiger partial charge in [0.05, 0.1) is 24.1 Å². The summed E-state index contributed by atoms with van der Waals surface area (Å²) in [5.74, 6) is 0.618. The van der Waals surface area contributed by atoms with Crippen molar-refractivity contribution in [2.75, 3.05) is 39.4 Å². The van der Waals surface area contributed by atoms with Gasteiger partial charge in [-0.2, -0.15) is 0 Å². The van der Waals surface area contributed by atoms with E-state index < -0.39 is 0 Å². The topological polar surface area (TPSA) is 79.4 Å². The number of hydrogen-bond donors (Lipinski definition) is 2. The van der Waals surface area contributed by atoms with Gasteiger partial charge in [0.25, 0.3) is 5.56 Å². The van der Waals surface area contributed by atoms with Gasteiger partial charge < -0.3 is 15.0 Å². The summed E-state index contributed by atoms with van der Waals surface area (Å²) < 4.78 is 7.51. The molecule has 7 nitrogen and oxygen atoms in total. The molecule has 2 aromatic rings. The van der Waals surface area contributed by atoms with Crippen molar-refractivity contribution in [3.8, 4) is 0 Å². The number of nitrogens with one attached hydrogen (secondary N) is 2. The Kier molecular flexibility index (Phi) is 6.97. The number of amides is 1. The second-order valence-electron chi connectivity index (χ2n) is 8.35. The number of carbonyl (C=O) groups is 1. The first-order valence-electron chi connectivity index (χ1n) is 10.9. The SMILES string of the molecule is O=C(NCCN1CCOCC1)C1CCC(Cn2c(=S)[nH]c3ccccc3c2=O)CC1. The lowest BCUT2D eigenvalue weighted by Gasteiger charge is -2.29. The minimum Gasteiger partial charge on any atom is -0.379 e. The van der Waals surface area contributed by atoms with Crippen LogP contribution >= 0.6 is 12.2 Å². The molecule has 162 valence electrons. The Labute approximate surface area is 181 Å². The number of H-pyrrole nitrogens is 1. The zero-order valence-electron chi connectivity index (χ0n) is 17.3. The van der Waals surface area contributed by atoms with Crippen LogP contribution < -0.4 is 10.9 Å². The molecule has 1 saturated carbocycles. The molecule has 0 bridgehead atoms. The first kappa shape index (κ1) is 21.2. The number of carbonyl (C=O) groups excluding carboxylic acids is 1. The number of morpholine rings is 1. The summed E-state index contributed by atoms with van der Waals surface area (Å²) in [6.45, 7) is 5.64. The fraction of sp³-hybridized carbons (Fsp3) is 0.591. The maximum atomic E-state index is 12.8. The van der Waals surface area contributed by atoms with Crippen LogP contribution in [0.15, 0.2) is 29.1 Å². The van der Waals surface area contributed by atoms with Crippen LogP contribution in [0.5, 0.6) is 0 Å². The second kappa shape index (κ2) is 9.85. The van der Waals surface area contributed by atoms with Crippen molar-refractivity contribution in [3.05, 3.63) is 39.4 Å². The molecule has 1 aromatic heterocycles. The van der Waals surface area contributed by atoms with E-state index in [1.807, 2.05) is 24.3 Å². The summed E-state index contributed by atoms with van der Waals surface area (Å²) in [6.07, 6.45) is 3.62. The maximum absolute atomic E-state index is 12.8. The molecule has 1 aliphatic heterocycles. The normalized spacial score (nSPS) is 22.8. The minimum atomic E-state index is -0.0303. The van der Waals surface area contributed by atoms with Gasteiger partial charge in [-0.05, 0) is 56.0 Å². The van der Waals surface area contributed by atoms with Crippen molar-refractivity contribution in [2.45, 2.75) is 32.2 Å². The Morgan fingerprint density at radius 1 is 1.17 bits per heavy atom. The number of ether oxygens (including phenoxy) is 1. The van der Waals surface area contributed by atoms with Gasteiger partial charge in [0, 0.05) is 38.6 Å². The Morgan fingerprint density at radius 2 is 1.90 bits per heavy atom. The molecular weight excluding hydrogens is 400 g/mol. The molecule has 2 fully saturated rings. The number of aromatic nitrogens is 2. The highest BCUT2D eigenvalue weighted by molar-refractivity contribution is 7.71. The molecule has 2 heterocycles. The summed E-state index contributed by atoms with van der Waals surface area (Å²) >= 11 is 5.43. The number of aromatic amines is 1. The van der Waals surface area contributed by atoms with Crippen molar-refractivity contribution < 1.29 is 9.53 Å². The molecule has 1 amide bonds. The number of nitrogens with zero attached hydrogens (tertiary/aromatic N) is 2. The van der Waals surface area contributed by atoms with Crippen molar-refractivity contribution in [3.63, 3.8) is 0 Å². The summed E-state index contributed by atoms with van der Waals surface area (Å²) in [6, 6.07) is 7.47. The average molecular weight is 431 g/mol. The molecule has 0 atom stereocenters. The molecule has 2 aliphatic rings. The zero-order valence-corrected chi connectivity index (χ0v) is 18.1. The van der Waals surface area contributed by atoms with E-state index in [0.717, 1.165) is 64.0 Å². The summed E-state index contributed by atoms with van der Waals surface area (Å²) in [5, 5.41) is 3.77. The highest BCUT2D eigenvalue weighted by Gasteiger charge is 2.27. The number of fused-ring (bicyclic) bond motifs is 1. The third kappa shape index (κ3) is 4.99. The highest BCUT2D eigenvalue weighted by atomic mass is 32.1. The average Bonchev–Trinajstić information content (AvgIpc) is 2.78. The lowest BCUT2D eigenvalue weighted by atomic mass is 9.81. The van der Waals surface area contributed by atoms with Crippen LogP contribution in [0.2, 0.25) is 0 Å². The van der Waals surface area contributed by atoms with E-state index in [1.54, 1.807) is 4.57 Å². The van der Waals surface area contributed by atoms with Crippen molar-refractivity contribution in [2.24, 2.45) is 11.8 Å². The first-order valence-corrected chi connectivity index (χ1v) is 11.3. The van der Waals surface area contributed by atoms with Gasteiger partial charge in [0.1, 0.15) is 0 Å². The first-order chi connectivity index (χ1) is 14.6. The molecule has 30 heavy (non-hydrogen) atoms. The van der Waals surface area contributed by atoms with Gasteiger partial charge in [0.2, 0.25) is 5.91 Å². The Bertz CT molecular complexity index is 988. The lowest BCUT2D eigenvalue weighted by Crippen LogP contribution is -2.42. The Hall–Kier alpha value is -2.03. The van der Waals surface area contributed by atoms with E-state index in [-0.39, 0.29) is 17.4 Å². The van der Waals surface area contributed by atoms with Crippen molar-refractivity contribution in [1.29, 1.82) is 0 Å². The fourth-order valence-corrected chi connectivity index (χ4v) is 4.80. The van der Waals surface area contributed by atoms with E-state index in [0.29, 0.717) is 29.2 Å². The number of para-hydroxylation sites is 1. The Balaban J connectivity index is 1.27. The van der Waals surface area contributed by atoms with E-state index in [4.69, 9.17) is 17.0 Å². The van der Waals surface area contributed by atoms with E-state index in [1.165, 1.54) is 0 Å². The molecule has 0 unspecified atom stereocenters. The number of benzene rings is 1.